The van der Waals surface area contributed by atoms with E-state index >= 15 is 0 Å². The van der Waals surface area contributed by atoms with Gasteiger partial charge >= 0.3 is 0 Å². The van der Waals surface area contributed by atoms with Gasteiger partial charge in [0.15, 0.2) is 0 Å². The smallest absolute Gasteiger partial charge is 0.0950 e. The summed E-state index contributed by atoms with van der Waals surface area (Å²) >= 11 is 0. The lowest BCUT2D eigenvalue weighted by Gasteiger charge is -2.30. The van der Waals surface area contributed by atoms with Gasteiger partial charge in [0.1, 0.15) is 0 Å². The molecule has 0 aliphatic carbocycles. The van der Waals surface area contributed by atoms with E-state index in [0.29, 0.717) is 6.54 Å². The summed E-state index contributed by atoms with van der Waals surface area (Å²) in [5, 5.41) is 12.8. The van der Waals surface area contributed by atoms with Crippen LogP contribution in [0.5, 0.6) is 0 Å². The first-order valence-corrected chi connectivity index (χ1v) is 6.89. The van der Waals surface area contributed by atoms with Crippen LogP contribution in [0.1, 0.15) is 26.7 Å². The fourth-order valence-electron chi connectivity index (χ4n) is 2.29. The Morgan fingerprint density at radius 2 is 1.95 bits per heavy atom. The van der Waals surface area contributed by atoms with Crippen molar-refractivity contribution in [3.63, 3.8) is 0 Å². The van der Waals surface area contributed by atoms with E-state index in [4.69, 9.17) is 5.73 Å². The Hall–Kier alpha value is -1.68. The summed E-state index contributed by atoms with van der Waals surface area (Å²) in [6.07, 6.45) is 3.93. The Bertz CT molecular complexity index is 521. The maximum Gasteiger partial charge on any atom is 0.0950 e. The second-order valence-electron chi connectivity index (χ2n) is 5.04. The lowest BCUT2D eigenvalue weighted by atomic mass is 9.82. The van der Waals surface area contributed by atoms with E-state index in [-0.39, 0.29) is 5.41 Å². The molecule has 3 N–H and O–H groups in total. The fourth-order valence-corrected chi connectivity index (χ4v) is 2.29. The van der Waals surface area contributed by atoms with E-state index in [1.807, 2.05) is 18.2 Å². The van der Waals surface area contributed by atoms with E-state index in [1.165, 1.54) is 0 Å². The first-order chi connectivity index (χ1) is 9.24. The van der Waals surface area contributed by atoms with Crippen LogP contribution in [0.2, 0.25) is 0 Å². The third-order valence-corrected chi connectivity index (χ3v) is 4.13. The molecule has 1 aromatic heterocycles. The molecular formula is C15H22N4. The van der Waals surface area contributed by atoms with E-state index < -0.39 is 0 Å². The molecule has 0 amide bonds. The third kappa shape index (κ3) is 2.84. The van der Waals surface area contributed by atoms with Crippen LogP contribution in [0.3, 0.4) is 0 Å². The topological polar surface area (TPSA) is 63.8 Å². The Balaban J connectivity index is 2.22. The maximum atomic E-state index is 5.94. The zero-order valence-corrected chi connectivity index (χ0v) is 11.7. The van der Waals surface area contributed by atoms with Gasteiger partial charge in [-0.3, -0.25) is 0 Å². The summed E-state index contributed by atoms with van der Waals surface area (Å²) in [7, 11) is 0. The van der Waals surface area contributed by atoms with Crippen molar-refractivity contribution >= 4 is 16.6 Å². The molecule has 1 aromatic carbocycles. The third-order valence-electron chi connectivity index (χ3n) is 4.13. The van der Waals surface area contributed by atoms with Crippen molar-refractivity contribution in [2.45, 2.75) is 26.7 Å². The first kappa shape index (κ1) is 13.7. The van der Waals surface area contributed by atoms with Gasteiger partial charge in [0.25, 0.3) is 0 Å². The van der Waals surface area contributed by atoms with Crippen molar-refractivity contribution in [2.75, 3.05) is 18.4 Å². The molecular weight excluding hydrogens is 236 g/mol. The van der Waals surface area contributed by atoms with Crippen LogP contribution < -0.4 is 11.1 Å². The molecule has 2 rings (SSSR count). The monoisotopic (exact) mass is 258 g/mol. The average Bonchev–Trinajstić information content (AvgIpc) is 2.49. The fraction of sp³-hybridized carbons (Fsp3) is 0.467. The van der Waals surface area contributed by atoms with Gasteiger partial charge in [-0.25, -0.2) is 0 Å². The van der Waals surface area contributed by atoms with Gasteiger partial charge in [-0.2, -0.15) is 10.2 Å². The van der Waals surface area contributed by atoms with Gasteiger partial charge in [0, 0.05) is 11.9 Å². The molecule has 0 aliphatic heterocycles. The molecule has 0 radical (unpaired) electrons. The van der Waals surface area contributed by atoms with Crippen molar-refractivity contribution in [1.82, 2.24) is 10.2 Å². The van der Waals surface area contributed by atoms with Crippen molar-refractivity contribution in [3.8, 4) is 0 Å². The summed E-state index contributed by atoms with van der Waals surface area (Å²) in [5.41, 5.74) is 8.04. The molecule has 2 aromatic rings. The molecule has 19 heavy (non-hydrogen) atoms. The van der Waals surface area contributed by atoms with Crippen LogP contribution in [0, 0.1) is 5.41 Å². The molecule has 0 bridgehead atoms. The predicted octanol–water partition coefficient (Wildman–Crippen LogP) is 2.81. The molecule has 0 unspecified atom stereocenters. The Morgan fingerprint density at radius 3 is 2.63 bits per heavy atom. The molecule has 4 nitrogen and oxygen atoms in total. The normalized spacial score (nSPS) is 11.7. The second-order valence-corrected chi connectivity index (χ2v) is 5.04. The van der Waals surface area contributed by atoms with Gasteiger partial charge < -0.3 is 11.1 Å². The van der Waals surface area contributed by atoms with Crippen LogP contribution in [-0.4, -0.2) is 23.3 Å². The van der Waals surface area contributed by atoms with Crippen molar-refractivity contribution < 1.29 is 0 Å². The SMILES string of the molecule is CCC(CC)(CN)CNc1cnnc2ccccc12. The summed E-state index contributed by atoms with van der Waals surface area (Å²) in [6, 6.07) is 8.03. The van der Waals surface area contributed by atoms with Crippen molar-refractivity contribution in [2.24, 2.45) is 11.1 Å². The zero-order chi connectivity index (χ0) is 13.7. The first-order valence-electron chi connectivity index (χ1n) is 6.89. The molecule has 0 atom stereocenters. The van der Waals surface area contributed by atoms with Gasteiger partial charge in [-0.15, -0.1) is 0 Å². The second kappa shape index (κ2) is 5.97. The molecule has 0 aliphatic rings. The van der Waals surface area contributed by atoms with Crippen LogP contribution in [-0.2, 0) is 0 Å². The predicted molar refractivity (Wildman–Crippen MR) is 80.1 cm³/mol. The molecule has 0 spiro atoms. The number of fused-ring (bicyclic) bond motifs is 1. The van der Waals surface area contributed by atoms with Crippen LogP contribution in [0.15, 0.2) is 30.5 Å². The van der Waals surface area contributed by atoms with E-state index in [9.17, 15) is 0 Å². The summed E-state index contributed by atoms with van der Waals surface area (Å²) in [4.78, 5) is 0. The Kier molecular flexibility index (Phi) is 4.32. The van der Waals surface area contributed by atoms with Gasteiger partial charge in [-0.05, 0) is 30.9 Å². The highest BCUT2D eigenvalue weighted by Crippen LogP contribution is 2.27. The number of nitrogens with one attached hydrogen (secondary N) is 1. The highest BCUT2D eigenvalue weighted by Gasteiger charge is 2.24. The number of rotatable bonds is 6. The molecule has 0 saturated carbocycles. The molecule has 0 saturated heterocycles. The van der Waals surface area contributed by atoms with E-state index in [1.54, 1.807) is 6.20 Å². The number of anilines is 1. The van der Waals surface area contributed by atoms with Gasteiger partial charge in [-0.1, -0.05) is 32.0 Å². The number of nitrogens with zero attached hydrogens (tertiary/aromatic N) is 2. The molecule has 4 heteroatoms. The van der Waals surface area contributed by atoms with E-state index in [0.717, 1.165) is 36.0 Å². The average molecular weight is 258 g/mol. The number of nitrogens with two attached hydrogens (primary N) is 1. The maximum absolute atomic E-state index is 5.94. The van der Waals surface area contributed by atoms with Crippen LogP contribution in [0.4, 0.5) is 5.69 Å². The standard InChI is InChI=1S/C15H22N4/c1-3-15(4-2,10-16)11-17-14-9-18-19-13-8-6-5-7-12(13)14/h5-9H,3-4,10-11,16H2,1-2H3,(H,17,19). The van der Waals surface area contributed by atoms with Crippen LogP contribution >= 0.6 is 0 Å². The number of aromatic nitrogens is 2. The number of hydrogen-bond donors (Lipinski definition) is 2. The molecule has 1 heterocycles. The zero-order valence-electron chi connectivity index (χ0n) is 11.7. The molecule has 102 valence electrons. The highest BCUT2D eigenvalue weighted by molar-refractivity contribution is 5.90. The lowest BCUT2D eigenvalue weighted by molar-refractivity contribution is 0.295. The summed E-state index contributed by atoms with van der Waals surface area (Å²) in [5.74, 6) is 0. The minimum atomic E-state index is 0.157. The van der Waals surface area contributed by atoms with Crippen molar-refractivity contribution in [3.05, 3.63) is 30.5 Å². The lowest BCUT2D eigenvalue weighted by Crippen LogP contribution is -2.36. The number of hydrogen-bond acceptors (Lipinski definition) is 4. The summed E-state index contributed by atoms with van der Waals surface area (Å²) in [6.45, 7) is 5.96. The Morgan fingerprint density at radius 1 is 1.21 bits per heavy atom. The number of benzene rings is 1. The van der Waals surface area contributed by atoms with Crippen LogP contribution in [0.25, 0.3) is 10.9 Å². The quantitative estimate of drug-likeness (QED) is 0.836. The minimum Gasteiger partial charge on any atom is -0.383 e. The van der Waals surface area contributed by atoms with Gasteiger partial charge in [0.2, 0.25) is 0 Å². The Labute approximate surface area is 114 Å². The van der Waals surface area contributed by atoms with E-state index in [2.05, 4.69) is 35.4 Å². The largest absolute Gasteiger partial charge is 0.383 e. The van der Waals surface area contributed by atoms with Gasteiger partial charge in [0.05, 0.1) is 17.4 Å². The highest BCUT2D eigenvalue weighted by atomic mass is 15.1. The summed E-state index contributed by atoms with van der Waals surface area (Å²) < 4.78 is 0. The minimum absolute atomic E-state index is 0.157. The molecule has 0 fully saturated rings. The van der Waals surface area contributed by atoms with Crippen molar-refractivity contribution in [1.29, 1.82) is 0 Å².